The molecule has 1 saturated carbocycles. The molecule has 1 aliphatic rings. The summed E-state index contributed by atoms with van der Waals surface area (Å²) < 4.78 is 5.53. The third-order valence-corrected chi connectivity index (χ3v) is 3.71. The second-order valence-corrected chi connectivity index (χ2v) is 5.44. The van der Waals surface area contributed by atoms with Crippen molar-refractivity contribution in [2.75, 3.05) is 6.61 Å². The van der Waals surface area contributed by atoms with Crippen LogP contribution < -0.4 is 10.9 Å². The van der Waals surface area contributed by atoms with Crippen LogP contribution in [0.25, 0.3) is 0 Å². The lowest BCUT2D eigenvalue weighted by Crippen LogP contribution is -2.31. The number of aromatic nitrogens is 1. The number of ether oxygens (including phenoxy) is 1. The molecule has 0 saturated heterocycles. The van der Waals surface area contributed by atoms with E-state index >= 15 is 0 Å². The van der Waals surface area contributed by atoms with Gasteiger partial charge in [-0.15, -0.1) is 0 Å². The molecule has 1 fully saturated rings. The van der Waals surface area contributed by atoms with E-state index in [1.54, 1.807) is 0 Å². The average molecular weight is 278 g/mol. The number of pyridine rings is 1. The van der Waals surface area contributed by atoms with Crippen LogP contribution in [0.15, 0.2) is 10.9 Å². The number of hydrogen-bond acceptors (Lipinski definition) is 3. The lowest BCUT2D eigenvalue weighted by atomic mass is 10.1. The molecule has 5 nitrogen and oxygen atoms in total. The van der Waals surface area contributed by atoms with Crippen LogP contribution in [0.3, 0.4) is 0 Å². The van der Waals surface area contributed by atoms with E-state index in [-0.39, 0.29) is 30.7 Å². The number of carbonyl (C=O) groups is 1. The monoisotopic (exact) mass is 278 g/mol. The minimum Gasteiger partial charge on any atom is -0.368 e. The van der Waals surface area contributed by atoms with Crippen molar-refractivity contribution in [3.63, 3.8) is 0 Å². The Hall–Kier alpha value is -1.62. The molecule has 0 spiro atoms. The van der Waals surface area contributed by atoms with Crippen LogP contribution in [0.4, 0.5) is 0 Å². The molecule has 1 aliphatic carbocycles. The maximum absolute atomic E-state index is 11.8. The highest BCUT2D eigenvalue weighted by Crippen LogP contribution is 2.20. The highest BCUT2D eigenvalue weighted by Gasteiger charge is 2.16. The van der Waals surface area contributed by atoms with E-state index in [1.165, 1.54) is 12.8 Å². The first-order valence-electron chi connectivity index (χ1n) is 7.14. The summed E-state index contributed by atoms with van der Waals surface area (Å²) >= 11 is 0. The molecule has 1 aromatic heterocycles. The van der Waals surface area contributed by atoms with Crippen LogP contribution >= 0.6 is 0 Å². The third kappa shape index (κ3) is 3.93. The van der Waals surface area contributed by atoms with Gasteiger partial charge in [-0.3, -0.25) is 9.59 Å². The van der Waals surface area contributed by atoms with Gasteiger partial charge >= 0.3 is 0 Å². The van der Waals surface area contributed by atoms with E-state index in [2.05, 4.69) is 10.3 Å². The van der Waals surface area contributed by atoms with Gasteiger partial charge < -0.3 is 15.0 Å². The Bertz CT molecular complexity index is 530. The molecule has 110 valence electrons. The Labute approximate surface area is 118 Å². The SMILES string of the molecule is Cc1cc(C)c(CNC(=O)COC2CCCC2)c(=O)[nH]1. The van der Waals surface area contributed by atoms with E-state index in [1.807, 2.05) is 19.9 Å². The van der Waals surface area contributed by atoms with Crippen molar-refractivity contribution < 1.29 is 9.53 Å². The fourth-order valence-corrected chi connectivity index (χ4v) is 2.59. The van der Waals surface area contributed by atoms with E-state index in [9.17, 15) is 9.59 Å². The van der Waals surface area contributed by atoms with Crippen LogP contribution in [0.1, 0.15) is 42.5 Å². The number of amides is 1. The Morgan fingerprint density at radius 2 is 2.10 bits per heavy atom. The number of rotatable bonds is 5. The van der Waals surface area contributed by atoms with Crippen molar-refractivity contribution in [1.82, 2.24) is 10.3 Å². The Balaban J connectivity index is 1.82. The molecule has 2 rings (SSSR count). The normalized spacial score (nSPS) is 15.5. The molecule has 0 aliphatic heterocycles. The van der Waals surface area contributed by atoms with Crippen molar-refractivity contribution in [2.24, 2.45) is 0 Å². The summed E-state index contributed by atoms with van der Waals surface area (Å²) in [5, 5.41) is 2.74. The molecule has 0 unspecified atom stereocenters. The van der Waals surface area contributed by atoms with E-state index in [0.29, 0.717) is 5.56 Å². The summed E-state index contributed by atoms with van der Waals surface area (Å²) in [7, 11) is 0. The topological polar surface area (TPSA) is 71.2 Å². The maximum atomic E-state index is 11.8. The van der Waals surface area contributed by atoms with E-state index in [4.69, 9.17) is 4.74 Å². The van der Waals surface area contributed by atoms with Gasteiger partial charge in [-0.2, -0.15) is 0 Å². The lowest BCUT2D eigenvalue weighted by molar-refractivity contribution is -0.127. The number of nitrogens with one attached hydrogen (secondary N) is 2. The zero-order chi connectivity index (χ0) is 14.5. The molecule has 0 bridgehead atoms. The zero-order valence-electron chi connectivity index (χ0n) is 12.1. The highest BCUT2D eigenvalue weighted by atomic mass is 16.5. The van der Waals surface area contributed by atoms with Crippen molar-refractivity contribution in [3.8, 4) is 0 Å². The van der Waals surface area contributed by atoms with Gasteiger partial charge in [0, 0.05) is 17.8 Å². The first-order chi connectivity index (χ1) is 9.56. The van der Waals surface area contributed by atoms with Crippen LogP contribution in [-0.2, 0) is 16.1 Å². The summed E-state index contributed by atoms with van der Waals surface area (Å²) in [4.78, 5) is 26.3. The molecule has 5 heteroatoms. The van der Waals surface area contributed by atoms with Crippen molar-refractivity contribution in [1.29, 1.82) is 0 Å². The molecule has 1 aromatic rings. The maximum Gasteiger partial charge on any atom is 0.253 e. The van der Waals surface area contributed by atoms with Gasteiger partial charge in [0.2, 0.25) is 5.91 Å². The quantitative estimate of drug-likeness (QED) is 0.858. The van der Waals surface area contributed by atoms with E-state index < -0.39 is 0 Å². The molecule has 20 heavy (non-hydrogen) atoms. The van der Waals surface area contributed by atoms with Gasteiger partial charge in [-0.25, -0.2) is 0 Å². The minimum atomic E-state index is -0.170. The van der Waals surface area contributed by atoms with Crippen LogP contribution in [-0.4, -0.2) is 23.6 Å². The van der Waals surface area contributed by atoms with Crippen molar-refractivity contribution >= 4 is 5.91 Å². The standard InChI is InChI=1S/C15H22N2O3/c1-10-7-11(2)17-15(19)13(10)8-16-14(18)9-20-12-5-3-4-6-12/h7,12H,3-6,8-9H2,1-2H3,(H,16,18)(H,17,19). The fraction of sp³-hybridized carbons (Fsp3) is 0.600. The lowest BCUT2D eigenvalue weighted by Gasteiger charge is -2.11. The number of aryl methyl sites for hydroxylation is 2. The Morgan fingerprint density at radius 1 is 1.40 bits per heavy atom. The molecular formula is C15H22N2O3. The van der Waals surface area contributed by atoms with Gasteiger partial charge in [-0.1, -0.05) is 12.8 Å². The summed E-state index contributed by atoms with van der Waals surface area (Å²) in [6.07, 6.45) is 4.69. The van der Waals surface area contributed by atoms with Crippen molar-refractivity contribution in [2.45, 2.75) is 52.2 Å². The fourth-order valence-electron chi connectivity index (χ4n) is 2.59. The molecule has 0 radical (unpaired) electrons. The van der Waals surface area contributed by atoms with Gasteiger partial charge in [0.05, 0.1) is 6.10 Å². The largest absolute Gasteiger partial charge is 0.368 e. The predicted molar refractivity (Wildman–Crippen MR) is 76.6 cm³/mol. The minimum absolute atomic E-state index is 0.0769. The third-order valence-electron chi connectivity index (χ3n) is 3.71. The van der Waals surface area contributed by atoms with Gasteiger partial charge in [-0.05, 0) is 38.3 Å². The van der Waals surface area contributed by atoms with Crippen LogP contribution in [0.2, 0.25) is 0 Å². The molecule has 1 amide bonds. The molecule has 2 N–H and O–H groups in total. The van der Waals surface area contributed by atoms with Gasteiger partial charge in [0.25, 0.3) is 5.56 Å². The number of H-pyrrole nitrogens is 1. The molecule has 0 atom stereocenters. The predicted octanol–water partition coefficient (Wildman–Crippen LogP) is 1.57. The van der Waals surface area contributed by atoms with Crippen molar-refractivity contribution in [3.05, 3.63) is 33.2 Å². The first kappa shape index (κ1) is 14.8. The van der Waals surface area contributed by atoms with Crippen LogP contribution in [0.5, 0.6) is 0 Å². The van der Waals surface area contributed by atoms with Crippen LogP contribution in [0, 0.1) is 13.8 Å². The van der Waals surface area contributed by atoms with E-state index in [0.717, 1.165) is 24.1 Å². The molecular weight excluding hydrogens is 256 g/mol. The summed E-state index contributed by atoms with van der Waals surface area (Å²) in [5.74, 6) is -0.170. The average Bonchev–Trinajstić information content (AvgIpc) is 2.88. The molecule has 0 aromatic carbocycles. The van der Waals surface area contributed by atoms with Gasteiger partial charge in [0.1, 0.15) is 6.61 Å². The zero-order valence-corrected chi connectivity index (χ0v) is 12.1. The summed E-state index contributed by atoms with van der Waals surface area (Å²) in [6, 6.07) is 1.90. The first-order valence-corrected chi connectivity index (χ1v) is 7.14. The Kier molecular flexibility index (Phi) is 4.95. The number of hydrogen-bond donors (Lipinski definition) is 2. The second kappa shape index (κ2) is 6.70. The summed E-state index contributed by atoms with van der Waals surface area (Å²) in [6.45, 7) is 4.03. The highest BCUT2D eigenvalue weighted by molar-refractivity contribution is 5.77. The van der Waals surface area contributed by atoms with Gasteiger partial charge in [0.15, 0.2) is 0 Å². The number of aromatic amines is 1. The number of carbonyl (C=O) groups excluding carboxylic acids is 1. The summed E-state index contributed by atoms with van der Waals surface area (Å²) in [5.41, 5.74) is 2.18. The molecule has 1 heterocycles. The second-order valence-electron chi connectivity index (χ2n) is 5.44. The Morgan fingerprint density at radius 3 is 2.75 bits per heavy atom. The smallest absolute Gasteiger partial charge is 0.253 e.